The molecule has 3 aromatic heterocycles. The smallest absolute Gasteiger partial charge is 0.263 e. The lowest BCUT2D eigenvalue weighted by atomic mass is 9.94. The number of nitrogens with zero attached hydrogens (tertiary/aromatic N) is 4. The molecule has 2 N–H and O–H groups in total. The van der Waals surface area contributed by atoms with Gasteiger partial charge in [0.2, 0.25) is 0 Å². The summed E-state index contributed by atoms with van der Waals surface area (Å²) in [7, 11) is 0. The molecule has 132 valence electrons. The van der Waals surface area contributed by atoms with Gasteiger partial charge in [0.1, 0.15) is 11.2 Å². The van der Waals surface area contributed by atoms with E-state index in [1.165, 1.54) is 0 Å². The Kier molecular flexibility index (Phi) is 4.12. The molecule has 0 aliphatic carbocycles. The molecule has 1 saturated heterocycles. The predicted octanol–water partition coefficient (Wildman–Crippen LogP) is 1.80. The molecule has 0 unspecified atom stereocenters. The Morgan fingerprint density at radius 3 is 2.92 bits per heavy atom. The standard InChI is InChI=1S/C17H22N6O2/c1-3-4-13-19-17(25-22-13)15-10(2)21-23-12(9-14(24)20-16(15)23)11-5-7-18-8-6-11/h9,11,18H,3-8H2,1-2H3,(H,20,24). The fraction of sp³-hybridized carbons (Fsp3) is 0.529. The van der Waals surface area contributed by atoms with Gasteiger partial charge in [-0.25, -0.2) is 4.52 Å². The fourth-order valence-corrected chi connectivity index (χ4v) is 3.52. The summed E-state index contributed by atoms with van der Waals surface area (Å²) in [4.78, 5) is 19.6. The molecule has 0 atom stereocenters. The van der Waals surface area contributed by atoms with Crippen LogP contribution >= 0.6 is 0 Å². The highest BCUT2D eigenvalue weighted by molar-refractivity contribution is 5.74. The minimum atomic E-state index is -0.129. The number of piperidine rings is 1. The number of hydrogen-bond acceptors (Lipinski definition) is 6. The number of aromatic amines is 1. The molecule has 3 aromatic rings. The summed E-state index contributed by atoms with van der Waals surface area (Å²) < 4.78 is 7.27. The summed E-state index contributed by atoms with van der Waals surface area (Å²) in [6.07, 6.45) is 3.70. The molecule has 0 aromatic carbocycles. The Balaban J connectivity index is 1.86. The van der Waals surface area contributed by atoms with Gasteiger partial charge >= 0.3 is 0 Å². The van der Waals surface area contributed by atoms with Crippen LogP contribution in [0.25, 0.3) is 17.1 Å². The lowest BCUT2D eigenvalue weighted by Gasteiger charge is -2.23. The largest absolute Gasteiger partial charge is 0.334 e. The van der Waals surface area contributed by atoms with Gasteiger partial charge in [0.25, 0.3) is 11.4 Å². The number of fused-ring (bicyclic) bond motifs is 1. The topological polar surface area (TPSA) is 101 Å². The van der Waals surface area contributed by atoms with E-state index in [4.69, 9.17) is 4.52 Å². The van der Waals surface area contributed by atoms with Crippen LogP contribution in [0.1, 0.15) is 49.3 Å². The summed E-state index contributed by atoms with van der Waals surface area (Å²) in [5.41, 5.74) is 2.93. The van der Waals surface area contributed by atoms with Crippen LogP contribution < -0.4 is 10.9 Å². The van der Waals surface area contributed by atoms with Crippen molar-refractivity contribution >= 4 is 5.65 Å². The van der Waals surface area contributed by atoms with Crippen molar-refractivity contribution in [1.82, 2.24) is 30.1 Å². The number of rotatable bonds is 4. The van der Waals surface area contributed by atoms with Gasteiger partial charge in [-0.1, -0.05) is 12.1 Å². The van der Waals surface area contributed by atoms with Gasteiger partial charge in [0.05, 0.1) is 11.4 Å². The van der Waals surface area contributed by atoms with Crippen molar-refractivity contribution in [2.24, 2.45) is 0 Å². The Morgan fingerprint density at radius 2 is 2.16 bits per heavy atom. The van der Waals surface area contributed by atoms with E-state index >= 15 is 0 Å². The maximum Gasteiger partial charge on any atom is 0.263 e. The third-order valence-corrected chi connectivity index (χ3v) is 4.74. The molecule has 8 heteroatoms. The van der Waals surface area contributed by atoms with Gasteiger partial charge in [-0.2, -0.15) is 10.1 Å². The van der Waals surface area contributed by atoms with Gasteiger partial charge in [0.15, 0.2) is 5.82 Å². The van der Waals surface area contributed by atoms with Crippen LogP contribution in [-0.4, -0.2) is 37.8 Å². The number of aromatic nitrogens is 5. The maximum atomic E-state index is 12.3. The first-order valence-electron chi connectivity index (χ1n) is 8.83. The van der Waals surface area contributed by atoms with Gasteiger partial charge in [-0.15, -0.1) is 0 Å². The molecule has 4 rings (SSSR count). The van der Waals surface area contributed by atoms with Crippen molar-refractivity contribution in [2.45, 2.75) is 45.4 Å². The predicted molar refractivity (Wildman–Crippen MR) is 92.7 cm³/mol. The molecule has 1 aliphatic heterocycles. The van der Waals surface area contributed by atoms with E-state index in [0.29, 0.717) is 28.8 Å². The first-order chi connectivity index (χ1) is 12.2. The number of aryl methyl sites for hydroxylation is 2. The van der Waals surface area contributed by atoms with E-state index in [1.54, 1.807) is 6.07 Å². The molecular weight excluding hydrogens is 320 g/mol. The third-order valence-electron chi connectivity index (χ3n) is 4.74. The van der Waals surface area contributed by atoms with E-state index in [0.717, 1.165) is 50.2 Å². The molecule has 25 heavy (non-hydrogen) atoms. The molecule has 0 saturated carbocycles. The zero-order valence-electron chi connectivity index (χ0n) is 14.5. The van der Waals surface area contributed by atoms with Crippen LogP contribution in [-0.2, 0) is 6.42 Å². The lowest BCUT2D eigenvalue weighted by Crippen LogP contribution is -2.28. The number of hydrogen-bond donors (Lipinski definition) is 2. The molecule has 0 radical (unpaired) electrons. The van der Waals surface area contributed by atoms with Crippen molar-refractivity contribution in [3.05, 3.63) is 33.6 Å². The summed E-state index contributed by atoms with van der Waals surface area (Å²) in [5, 5.41) is 12.0. The van der Waals surface area contributed by atoms with Crippen molar-refractivity contribution in [2.75, 3.05) is 13.1 Å². The second-order valence-electron chi connectivity index (χ2n) is 6.57. The summed E-state index contributed by atoms with van der Waals surface area (Å²) in [5.74, 6) is 1.40. The highest BCUT2D eigenvalue weighted by Crippen LogP contribution is 2.29. The van der Waals surface area contributed by atoms with E-state index in [9.17, 15) is 4.79 Å². The molecule has 4 heterocycles. The van der Waals surface area contributed by atoms with Crippen molar-refractivity contribution < 1.29 is 4.52 Å². The Morgan fingerprint density at radius 1 is 1.36 bits per heavy atom. The highest BCUT2D eigenvalue weighted by Gasteiger charge is 2.24. The second-order valence-corrected chi connectivity index (χ2v) is 6.57. The summed E-state index contributed by atoms with van der Waals surface area (Å²) in [6, 6.07) is 1.66. The molecular formula is C17H22N6O2. The lowest BCUT2D eigenvalue weighted by molar-refractivity contribution is 0.422. The minimum absolute atomic E-state index is 0.129. The second kappa shape index (κ2) is 6.44. The van der Waals surface area contributed by atoms with Gasteiger partial charge in [-0.3, -0.25) is 4.79 Å². The van der Waals surface area contributed by atoms with Gasteiger partial charge < -0.3 is 14.8 Å². The average Bonchev–Trinajstić information content (AvgIpc) is 3.18. The summed E-state index contributed by atoms with van der Waals surface area (Å²) >= 11 is 0. The van der Waals surface area contributed by atoms with Crippen LogP contribution in [0.4, 0.5) is 0 Å². The third kappa shape index (κ3) is 2.86. The van der Waals surface area contributed by atoms with E-state index in [-0.39, 0.29) is 5.56 Å². The van der Waals surface area contributed by atoms with Crippen LogP contribution in [0.5, 0.6) is 0 Å². The Hall–Kier alpha value is -2.48. The van der Waals surface area contributed by atoms with Crippen LogP contribution in [0, 0.1) is 6.92 Å². The van der Waals surface area contributed by atoms with Crippen molar-refractivity contribution in [3.8, 4) is 11.5 Å². The Labute approximate surface area is 144 Å². The van der Waals surface area contributed by atoms with Crippen LogP contribution in [0.2, 0.25) is 0 Å². The molecule has 1 aliphatic rings. The molecule has 0 amide bonds. The number of nitrogens with one attached hydrogen (secondary N) is 2. The highest BCUT2D eigenvalue weighted by atomic mass is 16.5. The fourth-order valence-electron chi connectivity index (χ4n) is 3.52. The molecule has 1 fully saturated rings. The average molecular weight is 342 g/mol. The van der Waals surface area contributed by atoms with E-state index in [1.807, 2.05) is 11.4 Å². The zero-order valence-corrected chi connectivity index (χ0v) is 14.5. The molecule has 8 nitrogen and oxygen atoms in total. The van der Waals surface area contributed by atoms with Gasteiger partial charge in [-0.05, 0) is 39.3 Å². The SMILES string of the molecule is CCCc1noc(-c2c(C)nn3c(C4CCNCC4)cc(=O)[nH]c23)n1. The monoisotopic (exact) mass is 342 g/mol. The van der Waals surface area contributed by atoms with Crippen molar-refractivity contribution in [1.29, 1.82) is 0 Å². The molecule has 0 spiro atoms. The summed E-state index contributed by atoms with van der Waals surface area (Å²) in [6.45, 7) is 5.88. The van der Waals surface area contributed by atoms with Crippen molar-refractivity contribution in [3.63, 3.8) is 0 Å². The first kappa shape index (κ1) is 16.0. The maximum absolute atomic E-state index is 12.3. The van der Waals surface area contributed by atoms with E-state index < -0.39 is 0 Å². The minimum Gasteiger partial charge on any atom is -0.334 e. The van der Waals surface area contributed by atoms with Gasteiger partial charge in [0, 0.05) is 18.4 Å². The van der Waals surface area contributed by atoms with E-state index in [2.05, 4.69) is 32.5 Å². The quantitative estimate of drug-likeness (QED) is 0.750. The Bertz CT molecular complexity index is 948. The zero-order chi connectivity index (χ0) is 17.4. The van der Waals surface area contributed by atoms with Crippen LogP contribution in [0.15, 0.2) is 15.4 Å². The number of H-pyrrole nitrogens is 1. The normalized spacial score (nSPS) is 15.9. The van der Waals surface area contributed by atoms with Crippen LogP contribution in [0.3, 0.4) is 0 Å². The molecule has 0 bridgehead atoms. The first-order valence-corrected chi connectivity index (χ1v) is 8.83.